The summed E-state index contributed by atoms with van der Waals surface area (Å²) in [5, 5.41) is 0. The monoisotopic (exact) mass is 381 g/mol. The van der Waals surface area contributed by atoms with E-state index in [4.69, 9.17) is 0 Å². The van der Waals surface area contributed by atoms with Crippen molar-refractivity contribution >= 4 is 0 Å². The van der Waals surface area contributed by atoms with E-state index in [1.54, 1.807) is 0 Å². The number of pyridine rings is 1. The predicted molar refractivity (Wildman–Crippen MR) is 120 cm³/mol. The molecule has 4 aromatic rings. The quantitative estimate of drug-likeness (QED) is 0.390. The third-order valence-electron chi connectivity index (χ3n) is 5.48. The van der Waals surface area contributed by atoms with Gasteiger partial charge in [-0.3, -0.25) is 9.55 Å². The minimum Gasteiger partial charge on any atom is -0.299 e. The number of benzene rings is 2. The molecule has 3 heteroatoms. The maximum absolute atomic E-state index is 4.69. The van der Waals surface area contributed by atoms with E-state index in [0.29, 0.717) is 5.92 Å². The highest BCUT2D eigenvalue weighted by Crippen LogP contribution is 2.35. The van der Waals surface area contributed by atoms with Gasteiger partial charge in [-0.1, -0.05) is 51.1 Å². The van der Waals surface area contributed by atoms with Crippen LogP contribution in [-0.4, -0.2) is 14.5 Å². The van der Waals surface area contributed by atoms with E-state index in [1.165, 1.54) is 33.5 Å². The molecule has 2 aromatic carbocycles. The Kier molecular flexibility index (Phi) is 5.30. The van der Waals surface area contributed by atoms with Gasteiger partial charge in [0.1, 0.15) is 5.82 Å². The van der Waals surface area contributed by atoms with Crippen LogP contribution in [0.15, 0.2) is 73.3 Å². The van der Waals surface area contributed by atoms with E-state index in [9.17, 15) is 0 Å². The van der Waals surface area contributed by atoms with Gasteiger partial charge < -0.3 is 0 Å². The Balaban J connectivity index is 1.96. The number of hydrogen-bond donors (Lipinski definition) is 0. The number of nitrogens with zero attached hydrogens (tertiary/aromatic N) is 3. The van der Waals surface area contributed by atoms with Gasteiger partial charge in [-0.05, 0) is 59.7 Å². The van der Waals surface area contributed by atoms with Crippen LogP contribution in [0.3, 0.4) is 0 Å². The Bertz CT molecular complexity index is 1120. The highest BCUT2D eigenvalue weighted by Gasteiger charge is 2.18. The second kappa shape index (κ2) is 8.04. The van der Waals surface area contributed by atoms with Crippen molar-refractivity contribution in [1.29, 1.82) is 0 Å². The van der Waals surface area contributed by atoms with Crippen molar-refractivity contribution in [3.8, 4) is 28.2 Å². The number of aromatic nitrogens is 3. The van der Waals surface area contributed by atoms with Crippen LogP contribution in [0.2, 0.25) is 0 Å². The fraction of sp³-hybridized carbons (Fsp3) is 0.231. The first-order valence-corrected chi connectivity index (χ1v) is 10.3. The molecule has 0 atom stereocenters. The van der Waals surface area contributed by atoms with Crippen molar-refractivity contribution in [2.24, 2.45) is 0 Å². The topological polar surface area (TPSA) is 30.7 Å². The molecule has 146 valence electrons. The first-order valence-electron chi connectivity index (χ1n) is 10.3. The summed E-state index contributed by atoms with van der Waals surface area (Å²) in [7, 11) is 0. The van der Waals surface area contributed by atoms with E-state index in [1.807, 2.05) is 24.7 Å². The van der Waals surface area contributed by atoms with Gasteiger partial charge in [-0.25, -0.2) is 4.98 Å². The molecule has 0 saturated heterocycles. The second-order valence-corrected chi connectivity index (χ2v) is 7.76. The zero-order chi connectivity index (χ0) is 20.4. The number of aryl methyl sites for hydroxylation is 2. The van der Waals surface area contributed by atoms with Gasteiger partial charge in [0, 0.05) is 35.9 Å². The molecule has 0 spiro atoms. The molecular weight excluding hydrogens is 354 g/mol. The smallest absolute Gasteiger partial charge is 0.144 e. The van der Waals surface area contributed by atoms with Crippen LogP contribution in [-0.2, 0) is 6.42 Å². The highest BCUT2D eigenvalue weighted by atomic mass is 15.1. The number of imidazole rings is 1. The van der Waals surface area contributed by atoms with Crippen LogP contribution in [0.25, 0.3) is 28.2 Å². The zero-order valence-corrected chi connectivity index (χ0v) is 17.6. The van der Waals surface area contributed by atoms with E-state index >= 15 is 0 Å². The lowest BCUT2D eigenvalue weighted by atomic mass is 9.90. The largest absolute Gasteiger partial charge is 0.299 e. The van der Waals surface area contributed by atoms with Crippen molar-refractivity contribution in [1.82, 2.24) is 14.5 Å². The minimum absolute atomic E-state index is 0.387. The molecule has 29 heavy (non-hydrogen) atoms. The summed E-state index contributed by atoms with van der Waals surface area (Å²) < 4.78 is 2.25. The molecule has 0 amide bonds. The van der Waals surface area contributed by atoms with Crippen LogP contribution < -0.4 is 0 Å². The number of rotatable bonds is 5. The fourth-order valence-corrected chi connectivity index (χ4v) is 3.93. The van der Waals surface area contributed by atoms with Crippen LogP contribution in [0, 0.1) is 6.92 Å². The first-order chi connectivity index (χ1) is 14.1. The molecule has 0 aliphatic rings. The van der Waals surface area contributed by atoms with Crippen LogP contribution in [0.4, 0.5) is 0 Å². The molecule has 2 heterocycles. The van der Waals surface area contributed by atoms with Gasteiger partial charge >= 0.3 is 0 Å². The summed E-state index contributed by atoms with van der Waals surface area (Å²) in [6, 6.07) is 17.1. The molecule has 4 rings (SSSR count). The van der Waals surface area contributed by atoms with E-state index in [0.717, 1.165) is 17.8 Å². The van der Waals surface area contributed by atoms with Crippen molar-refractivity contribution in [2.75, 3.05) is 0 Å². The first kappa shape index (κ1) is 19.1. The highest BCUT2D eigenvalue weighted by molar-refractivity contribution is 5.72. The second-order valence-electron chi connectivity index (χ2n) is 7.76. The predicted octanol–water partition coefficient (Wildman–Crippen LogP) is 6.60. The number of hydrogen-bond acceptors (Lipinski definition) is 2. The zero-order valence-electron chi connectivity index (χ0n) is 17.6. The molecule has 0 bridgehead atoms. The fourth-order valence-electron chi connectivity index (χ4n) is 3.93. The summed E-state index contributed by atoms with van der Waals surface area (Å²) >= 11 is 0. The van der Waals surface area contributed by atoms with Crippen LogP contribution >= 0.6 is 0 Å². The summed E-state index contributed by atoms with van der Waals surface area (Å²) in [6.07, 6.45) is 8.76. The van der Waals surface area contributed by atoms with Gasteiger partial charge in [0.05, 0.1) is 5.69 Å². The lowest BCUT2D eigenvalue weighted by Crippen LogP contribution is -2.07. The van der Waals surface area contributed by atoms with Gasteiger partial charge in [0.2, 0.25) is 0 Å². The van der Waals surface area contributed by atoms with Crippen molar-refractivity contribution < 1.29 is 0 Å². The maximum Gasteiger partial charge on any atom is 0.144 e. The third kappa shape index (κ3) is 3.61. The summed E-state index contributed by atoms with van der Waals surface area (Å²) in [4.78, 5) is 9.05. The minimum atomic E-state index is 0.387. The standard InChI is InChI=1S/C26H27N3/c1-5-20-15-22(24-17-27-12-11-19(24)4)16-23(18(2)3)25(20)29-14-13-28-26(29)21-9-7-6-8-10-21/h6-18H,5H2,1-4H3. The van der Waals surface area contributed by atoms with Gasteiger partial charge in [0.25, 0.3) is 0 Å². The molecule has 3 nitrogen and oxygen atoms in total. The Morgan fingerprint density at radius 2 is 1.76 bits per heavy atom. The van der Waals surface area contributed by atoms with Gasteiger partial charge in [0.15, 0.2) is 0 Å². The lowest BCUT2D eigenvalue weighted by Gasteiger charge is -2.22. The third-order valence-corrected chi connectivity index (χ3v) is 5.48. The van der Waals surface area contributed by atoms with Crippen LogP contribution in [0.1, 0.15) is 43.4 Å². The molecule has 0 N–H and O–H groups in total. The Morgan fingerprint density at radius 3 is 2.45 bits per heavy atom. The molecule has 0 aliphatic carbocycles. The average molecular weight is 382 g/mol. The summed E-state index contributed by atoms with van der Waals surface area (Å²) in [5.41, 5.74) is 8.72. The Morgan fingerprint density at radius 1 is 0.966 bits per heavy atom. The maximum atomic E-state index is 4.69. The van der Waals surface area contributed by atoms with E-state index in [-0.39, 0.29) is 0 Å². The normalized spacial score (nSPS) is 11.2. The molecule has 2 aromatic heterocycles. The van der Waals surface area contributed by atoms with Crippen molar-refractivity contribution in [3.63, 3.8) is 0 Å². The van der Waals surface area contributed by atoms with Gasteiger partial charge in [-0.15, -0.1) is 0 Å². The summed E-state index contributed by atoms with van der Waals surface area (Å²) in [6.45, 7) is 8.89. The SMILES string of the molecule is CCc1cc(-c2cnccc2C)cc(C(C)C)c1-n1ccnc1-c1ccccc1. The van der Waals surface area contributed by atoms with Crippen molar-refractivity contribution in [3.05, 3.63) is 90.0 Å². The van der Waals surface area contributed by atoms with E-state index in [2.05, 4.69) is 90.9 Å². The molecule has 0 radical (unpaired) electrons. The Labute approximate surface area is 173 Å². The molecular formula is C26H27N3. The molecule has 0 saturated carbocycles. The lowest BCUT2D eigenvalue weighted by molar-refractivity contribution is 0.839. The van der Waals surface area contributed by atoms with E-state index < -0.39 is 0 Å². The van der Waals surface area contributed by atoms with Crippen molar-refractivity contribution in [2.45, 2.75) is 40.0 Å². The molecule has 0 aliphatic heterocycles. The summed E-state index contributed by atoms with van der Waals surface area (Å²) in [5.74, 6) is 1.37. The van der Waals surface area contributed by atoms with Gasteiger partial charge in [-0.2, -0.15) is 0 Å². The molecule has 0 unspecified atom stereocenters. The van der Waals surface area contributed by atoms with Crippen LogP contribution in [0.5, 0.6) is 0 Å². The average Bonchev–Trinajstić information content (AvgIpc) is 3.23. The molecule has 0 fully saturated rings. The Hall–Kier alpha value is -3.20.